The van der Waals surface area contributed by atoms with Crippen LogP contribution in [0.3, 0.4) is 0 Å². The van der Waals surface area contributed by atoms with Gasteiger partial charge in [0.15, 0.2) is 0 Å². The second-order valence-electron chi connectivity index (χ2n) is 8.31. The molecule has 0 radical (unpaired) electrons. The van der Waals surface area contributed by atoms with E-state index in [1.54, 1.807) is 12.1 Å². The van der Waals surface area contributed by atoms with Crippen LogP contribution in [0.5, 0.6) is 11.5 Å². The molecule has 3 aromatic carbocycles. The molecule has 0 bridgehead atoms. The average molecular weight is 482 g/mol. The second kappa shape index (κ2) is 11.2. The first-order valence-corrected chi connectivity index (χ1v) is 12.6. The molecule has 0 saturated heterocycles. The Morgan fingerprint density at radius 3 is 2.32 bits per heavy atom. The van der Waals surface area contributed by atoms with E-state index in [0.29, 0.717) is 18.1 Å². The number of nitrogens with two attached hydrogens (primary N) is 1. The molecule has 4 N–H and O–H groups in total. The van der Waals surface area contributed by atoms with Gasteiger partial charge in [0, 0.05) is 18.7 Å². The molecule has 0 aliphatic rings. The number of aromatic hydroxyl groups is 1. The average Bonchev–Trinajstić information content (AvgIpc) is 2.82. The lowest BCUT2D eigenvalue weighted by atomic mass is 10.0. The van der Waals surface area contributed by atoms with Gasteiger partial charge < -0.3 is 15.6 Å². The van der Waals surface area contributed by atoms with Crippen LogP contribution in [0.15, 0.2) is 77.7 Å². The summed E-state index contributed by atoms with van der Waals surface area (Å²) in [4.78, 5) is -0.282. The Kier molecular flexibility index (Phi) is 8.31. The normalized spacial score (nSPS) is 11.6. The van der Waals surface area contributed by atoms with E-state index in [4.69, 9.17) is 15.9 Å². The van der Waals surface area contributed by atoms with E-state index in [2.05, 4.69) is 26.0 Å². The first-order valence-electron chi connectivity index (χ1n) is 11.1. The van der Waals surface area contributed by atoms with Crippen LogP contribution in [0, 0.1) is 5.41 Å². The van der Waals surface area contributed by atoms with Crippen molar-refractivity contribution in [3.05, 3.63) is 89.5 Å². The molecule has 0 fully saturated rings. The number of phenolic OH excluding ortho intramolecular Hbond substituents is 1. The van der Waals surface area contributed by atoms with Gasteiger partial charge in [-0.05, 0) is 53.8 Å². The molecule has 0 amide bonds. The summed E-state index contributed by atoms with van der Waals surface area (Å²) >= 11 is 0. The summed E-state index contributed by atoms with van der Waals surface area (Å²) < 4.78 is 34.1. The third-order valence-corrected chi connectivity index (χ3v) is 7.47. The number of sulfonamides is 1. The van der Waals surface area contributed by atoms with Crippen LogP contribution in [0.1, 0.15) is 36.5 Å². The smallest absolute Gasteiger partial charge is 0.246 e. The lowest BCUT2D eigenvalue weighted by Crippen LogP contribution is -2.36. The number of ether oxygens (including phenoxy) is 1. The minimum Gasteiger partial charge on any atom is -0.507 e. The number of amidine groups is 1. The van der Waals surface area contributed by atoms with Gasteiger partial charge in [-0.2, -0.15) is 4.31 Å². The van der Waals surface area contributed by atoms with Crippen molar-refractivity contribution in [1.29, 1.82) is 5.41 Å². The van der Waals surface area contributed by atoms with E-state index >= 15 is 0 Å². The molecule has 3 rings (SSSR count). The number of nitrogen functional groups attached to an aromatic ring is 1. The Labute approximate surface area is 201 Å². The van der Waals surface area contributed by atoms with Crippen LogP contribution in [0.4, 0.5) is 0 Å². The van der Waals surface area contributed by atoms with Crippen LogP contribution in [-0.4, -0.2) is 43.4 Å². The number of benzene rings is 3. The maximum absolute atomic E-state index is 13.5. The summed E-state index contributed by atoms with van der Waals surface area (Å²) in [5.41, 5.74) is 7.99. The maximum atomic E-state index is 13.5. The minimum atomic E-state index is -4.08. The number of phenols is 1. The second-order valence-corrected chi connectivity index (χ2v) is 10.2. The van der Waals surface area contributed by atoms with Gasteiger partial charge in [-0.15, -0.1) is 0 Å². The molecule has 8 heteroatoms. The van der Waals surface area contributed by atoms with Crippen molar-refractivity contribution in [1.82, 2.24) is 4.31 Å². The fourth-order valence-corrected chi connectivity index (χ4v) is 5.02. The summed E-state index contributed by atoms with van der Waals surface area (Å²) in [5, 5.41) is 18.0. The van der Waals surface area contributed by atoms with E-state index in [9.17, 15) is 13.5 Å². The molecular formula is C26H31N3O4S. The molecule has 0 aliphatic carbocycles. The van der Waals surface area contributed by atoms with Gasteiger partial charge in [-0.3, -0.25) is 5.41 Å². The lowest BCUT2D eigenvalue weighted by Gasteiger charge is -2.23. The first kappa shape index (κ1) is 25.3. The van der Waals surface area contributed by atoms with Crippen LogP contribution >= 0.6 is 0 Å². The summed E-state index contributed by atoms with van der Waals surface area (Å²) in [6, 6.07) is 21.2. The molecule has 0 heterocycles. The van der Waals surface area contributed by atoms with Crippen molar-refractivity contribution in [3.63, 3.8) is 0 Å². The van der Waals surface area contributed by atoms with E-state index in [1.165, 1.54) is 28.1 Å². The van der Waals surface area contributed by atoms with Crippen molar-refractivity contribution in [2.75, 3.05) is 19.7 Å². The highest BCUT2D eigenvalue weighted by molar-refractivity contribution is 7.89. The summed E-state index contributed by atoms with van der Waals surface area (Å²) in [7, 11) is -4.08. The zero-order valence-electron chi connectivity index (χ0n) is 19.4. The summed E-state index contributed by atoms with van der Waals surface area (Å²) in [6.07, 6.45) is 0.496. The molecule has 0 unspecified atom stereocenters. The molecule has 0 aromatic heterocycles. The highest BCUT2D eigenvalue weighted by Gasteiger charge is 2.28. The highest BCUT2D eigenvalue weighted by atomic mass is 32.2. The van der Waals surface area contributed by atoms with Crippen molar-refractivity contribution in [2.45, 2.75) is 31.1 Å². The predicted molar refractivity (Wildman–Crippen MR) is 134 cm³/mol. The predicted octanol–water partition coefficient (Wildman–Crippen LogP) is 4.11. The summed E-state index contributed by atoms with van der Waals surface area (Å²) in [6.45, 7) is 4.67. The zero-order chi connectivity index (χ0) is 24.7. The SMILES string of the molecule is CC(C)c1ccc(CCN(CCOc2ccccc2)S(=O)(=O)c2cc(C(=N)N)ccc2O)cc1. The monoisotopic (exact) mass is 481 g/mol. The Bertz CT molecular complexity index is 1210. The van der Waals surface area contributed by atoms with Crippen LogP contribution < -0.4 is 10.5 Å². The first-order chi connectivity index (χ1) is 16.2. The molecule has 180 valence electrons. The van der Waals surface area contributed by atoms with Gasteiger partial charge >= 0.3 is 0 Å². The fourth-order valence-electron chi connectivity index (χ4n) is 3.48. The number of rotatable bonds is 11. The van der Waals surface area contributed by atoms with Crippen LogP contribution in [0.25, 0.3) is 0 Å². The van der Waals surface area contributed by atoms with Crippen molar-refractivity contribution < 1.29 is 18.3 Å². The highest BCUT2D eigenvalue weighted by Crippen LogP contribution is 2.27. The molecule has 0 atom stereocenters. The van der Waals surface area contributed by atoms with Crippen molar-refractivity contribution >= 4 is 15.9 Å². The van der Waals surface area contributed by atoms with Gasteiger partial charge in [0.05, 0.1) is 0 Å². The van der Waals surface area contributed by atoms with Crippen molar-refractivity contribution in [3.8, 4) is 11.5 Å². The Hall–Kier alpha value is -3.36. The molecule has 34 heavy (non-hydrogen) atoms. The Morgan fingerprint density at radius 2 is 1.71 bits per heavy atom. The van der Waals surface area contributed by atoms with Gasteiger partial charge in [-0.1, -0.05) is 56.3 Å². The number of hydrogen-bond donors (Lipinski definition) is 3. The largest absolute Gasteiger partial charge is 0.507 e. The van der Waals surface area contributed by atoms with E-state index in [0.717, 1.165) is 5.56 Å². The van der Waals surface area contributed by atoms with Crippen LogP contribution in [0.2, 0.25) is 0 Å². The van der Waals surface area contributed by atoms with E-state index < -0.39 is 10.0 Å². The quantitative estimate of drug-likeness (QED) is 0.281. The molecule has 7 nitrogen and oxygen atoms in total. The van der Waals surface area contributed by atoms with Gasteiger partial charge in [0.2, 0.25) is 10.0 Å². The maximum Gasteiger partial charge on any atom is 0.246 e. The minimum absolute atomic E-state index is 0.0883. The topological polar surface area (TPSA) is 117 Å². The zero-order valence-corrected chi connectivity index (χ0v) is 20.3. The number of nitrogens with one attached hydrogen (secondary N) is 1. The number of para-hydroxylation sites is 1. The molecule has 0 aliphatic heterocycles. The number of nitrogens with zero attached hydrogens (tertiary/aromatic N) is 1. The van der Waals surface area contributed by atoms with Crippen molar-refractivity contribution in [2.24, 2.45) is 5.73 Å². The third-order valence-electron chi connectivity index (χ3n) is 5.54. The third kappa shape index (κ3) is 6.36. The Morgan fingerprint density at radius 1 is 1.03 bits per heavy atom. The standard InChI is InChI=1S/C26H31N3O4S/c1-19(2)21-10-8-20(9-11-21)14-15-29(16-17-33-23-6-4-3-5-7-23)34(31,32)25-18-22(26(27)28)12-13-24(25)30/h3-13,18-19,30H,14-17H2,1-2H3,(H3,27,28). The van der Waals surface area contributed by atoms with Crippen LogP contribution in [-0.2, 0) is 16.4 Å². The van der Waals surface area contributed by atoms with Gasteiger partial charge in [0.25, 0.3) is 0 Å². The van der Waals surface area contributed by atoms with Gasteiger partial charge in [-0.25, -0.2) is 8.42 Å². The lowest BCUT2D eigenvalue weighted by molar-refractivity contribution is 0.273. The number of hydrogen-bond acceptors (Lipinski definition) is 5. The fraction of sp³-hybridized carbons (Fsp3) is 0.269. The Balaban J connectivity index is 1.83. The molecule has 3 aromatic rings. The molecular weight excluding hydrogens is 450 g/mol. The van der Waals surface area contributed by atoms with E-state index in [-0.39, 0.29) is 41.7 Å². The molecule has 0 saturated carbocycles. The summed E-state index contributed by atoms with van der Waals surface area (Å²) in [5.74, 6) is 0.393. The molecule has 0 spiro atoms. The van der Waals surface area contributed by atoms with Gasteiger partial charge in [0.1, 0.15) is 28.8 Å². The van der Waals surface area contributed by atoms with E-state index in [1.807, 2.05) is 30.3 Å².